The van der Waals surface area contributed by atoms with Crippen molar-refractivity contribution < 1.29 is 14.6 Å². The number of aromatic nitrogens is 1. The molecule has 0 bridgehead atoms. The Labute approximate surface area is 132 Å². The highest BCUT2D eigenvalue weighted by Crippen LogP contribution is 2.49. The van der Waals surface area contributed by atoms with E-state index in [4.69, 9.17) is 14.6 Å². The molecular formula is C17H26N2O3. The van der Waals surface area contributed by atoms with Gasteiger partial charge in [-0.25, -0.2) is 0 Å². The summed E-state index contributed by atoms with van der Waals surface area (Å²) in [4.78, 5) is 4.32. The summed E-state index contributed by atoms with van der Waals surface area (Å²) in [7, 11) is 0. The van der Waals surface area contributed by atoms with E-state index >= 15 is 0 Å². The van der Waals surface area contributed by atoms with Crippen LogP contribution in [0.1, 0.15) is 37.2 Å². The average molecular weight is 306 g/mol. The van der Waals surface area contributed by atoms with Gasteiger partial charge in [0, 0.05) is 32.1 Å². The topological polar surface area (TPSA) is 63.6 Å². The molecule has 1 saturated carbocycles. The number of hydrogen-bond donors (Lipinski definition) is 2. The first-order valence-corrected chi connectivity index (χ1v) is 8.36. The minimum atomic E-state index is 0.209. The van der Waals surface area contributed by atoms with E-state index in [0.717, 1.165) is 38.3 Å². The third kappa shape index (κ3) is 4.41. The highest BCUT2D eigenvalue weighted by atomic mass is 16.5. The van der Waals surface area contributed by atoms with Crippen molar-refractivity contribution in [3.63, 3.8) is 0 Å². The summed E-state index contributed by atoms with van der Waals surface area (Å²) in [6, 6.07) is 2.65. The highest BCUT2D eigenvalue weighted by molar-refractivity contribution is 5.30. The van der Waals surface area contributed by atoms with Crippen molar-refractivity contribution in [2.75, 3.05) is 33.0 Å². The maximum absolute atomic E-state index is 8.70. The normalized spacial score (nSPS) is 26.5. The van der Waals surface area contributed by atoms with Crippen LogP contribution in [0.2, 0.25) is 0 Å². The zero-order valence-corrected chi connectivity index (χ0v) is 13.0. The zero-order valence-electron chi connectivity index (χ0n) is 13.0. The number of nitrogens with one attached hydrogen (secondary N) is 1. The molecule has 0 aromatic carbocycles. The van der Waals surface area contributed by atoms with Crippen molar-refractivity contribution in [2.45, 2.75) is 37.6 Å². The zero-order chi connectivity index (χ0) is 15.2. The summed E-state index contributed by atoms with van der Waals surface area (Å²) in [5.74, 6) is 2.20. The van der Waals surface area contributed by atoms with Gasteiger partial charge in [-0.2, -0.15) is 0 Å². The molecule has 122 valence electrons. The van der Waals surface area contributed by atoms with Crippen LogP contribution in [0.25, 0.3) is 0 Å². The van der Waals surface area contributed by atoms with Gasteiger partial charge in [0.15, 0.2) is 0 Å². The maximum Gasteiger partial charge on any atom is 0.137 e. The second-order valence-electron chi connectivity index (χ2n) is 6.29. The van der Waals surface area contributed by atoms with E-state index in [9.17, 15) is 0 Å². The first kappa shape index (κ1) is 15.7. The van der Waals surface area contributed by atoms with E-state index in [1.54, 1.807) is 6.20 Å². The van der Waals surface area contributed by atoms with Crippen molar-refractivity contribution in [1.29, 1.82) is 0 Å². The average Bonchev–Trinajstić information content (AvgIpc) is 3.25. The minimum absolute atomic E-state index is 0.209. The van der Waals surface area contributed by atoms with Gasteiger partial charge in [0.05, 0.1) is 6.20 Å². The Kier molecular flexibility index (Phi) is 5.64. The lowest BCUT2D eigenvalue weighted by atomic mass is 10.1. The molecule has 2 heterocycles. The second-order valence-corrected chi connectivity index (χ2v) is 6.29. The number of aliphatic hydroxyl groups excluding tert-OH is 1. The van der Waals surface area contributed by atoms with Gasteiger partial charge in [-0.15, -0.1) is 0 Å². The Hall–Kier alpha value is -1.17. The van der Waals surface area contributed by atoms with E-state index < -0.39 is 0 Å². The summed E-state index contributed by atoms with van der Waals surface area (Å²) in [5, 5.41) is 12.0. The fraction of sp³-hybridized carbons (Fsp3) is 0.706. The fourth-order valence-corrected chi connectivity index (χ4v) is 2.88. The maximum atomic E-state index is 8.70. The fourth-order valence-electron chi connectivity index (χ4n) is 2.88. The summed E-state index contributed by atoms with van der Waals surface area (Å²) >= 11 is 0. The summed E-state index contributed by atoms with van der Waals surface area (Å²) in [5.41, 5.74) is 1.29. The molecule has 1 aliphatic carbocycles. The van der Waals surface area contributed by atoms with Crippen LogP contribution in [-0.4, -0.2) is 49.1 Å². The Balaban J connectivity index is 1.39. The van der Waals surface area contributed by atoms with Gasteiger partial charge in [-0.1, -0.05) is 0 Å². The van der Waals surface area contributed by atoms with Crippen LogP contribution in [0.4, 0.5) is 0 Å². The lowest BCUT2D eigenvalue weighted by molar-refractivity contribution is 0.111. The molecule has 1 aromatic heterocycles. The Morgan fingerprint density at radius 3 is 3.00 bits per heavy atom. The minimum Gasteiger partial charge on any atom is -0.490 e. The van der Waals surface area contributed by atoms with Crippen LogP contribution < -0.4 is 10.1 Å². The SMILES string of the molecule is OCCCOCC[C@@H]1C[C@@H]1c1cncc(OC[C@@H]2CCN2)c1. The highest BCUT2D eigenvalue weighted by Gasteiger charge is 2.38. The molecule has 1 saturated heterocycles. The Bertz CT molecular complexity index is 465. The molecule has 0 spiro atoms. The van der Waals surface area contributed by atoms with Gasteiger partial charge in [-0.3, -0.25) is 4.98 Å². The van der Waals surface area contributed by atoms with Crippen molar-refractivity contribution >= 4 is 0 Å². The van der Waals surface area contributed by atoms with Gasteiger partial charge in [-0.05, 0) is 55.7 Å². The van der Waals surface area contributed by atoms with Gasteiger partial charge in [0.1, 0.15) is 12.4 Å². The predicted octanol–water partition coefficient (Wildman–Crippen LogP) is 1.71. The first-order chi connectivity index (χ1) is 10.9. The Morgan fingerprint density at radius 1 is 1.32 bits per heavy atom. The molecule has 0 radical (unpaired) electrons. The summed E-state index contributed by atoms with van der Waals surface area (Å²) < 4.78 is 11.3. The molecule has 3 atom stereocenters. The van der Waals surface area contributed by atoms with Crippen molar-refractivity contribution in [2.24, 2.45) is 5.92 Å². The molecule has 2 N–H and O–H groups in total. The number of pyridine rings is 1. The Morgan fingerprint density at radius 2 is 2.23 bits per heavy atom. The monoisotopic (exact) mass is 306 g/mol. The number of ether oxygens (including phenoxy) is 2. The van der Waals surface area contributed by atoms with Crippen LogP contribution in [0.15, 0.2) is 18.5 Å². The van der Waals surface area contributed by atoms with Gasteiger partial charge >= 0.3 is 0 Å². The standard InChI is InChI=1S/C17H26N2O3/c20-5-1-6-21-7-3-13-9-17(13)14-8-16(11-18-10-14)22-12-15-2-4-19-15/h8,10-11,13,15,17,19-20H,1-7,9,12H2/t13-,15+,17+/m1/s1. The van der Waals surface area contributed by atoms with Crippen LogP contribution >= 0.6 is 0 Å². The molecule has 5 nitrogen and oxygen atoms in total. The molecule has 5 heteroatoms. The quantitative estimate of drug-likeness (QED) is 0.644. The molecular weight excluding hydrogens is 280 g/mol. The van der Waals surface area contributed by atoms with Crippen LogP contribution in [0.3, 0.4) is 0 Å². The van der Waals surface area contributed by atoms with Gasteiger partial charge < -0.3 is 19.9 Å². The van der Waals surface area contributed by atoms with Gasteiger partial charge in [0.25, 0.3) is 0 Å². The van der Waals surface area contributed by atoms with Crippen LogP contribution in [0, 0.1) is 5.92 Å². The molecule has 3 rings (SSSR count). The molecule has 1 aliphatic heterocycles. The van der Waals surface area contributed by atoms with E-state index in [0.29, 0.717) is 24.5 Å². The molecule has 2 aliphatic rings. The molecule has 0 unspecified atom stereocenters. The van der Waals surface area contributed by atoms with Crippen molar-refractivity contribution in [3.05, 3.63) is 24.0 Å². The number of aliphatic hydroxyl groups is 1. The molecule has 2 fully saturated rings. The first-order valence-electron chi connectivity index (χ1n) is 8.36. The van der Waals surface area contributed by atoms with E-state index in [2.05, 4.69) is 16.4 Å². The van der Waals surface area contributed by atoms with Gasteiger partial charge in [0.2, 0.25) is 0 Å². The lowest BCUT2D eigenvalue weighted by Crippen LogP contribution is -2.46. The van der Waals surface area contributed by atoms with Crippen LogP contribution in [-0.2, 0) is 4.74 Å². The van der Waals surface area contributed by atoms with E-state index in [-0.39, 0.29) is 6.61 Å². The van der Waals surface area contributed by atoms with Crippen LogP contribution in [0.5, 0.6) is 5.75 Å². The summed E-state index contributed by atoms with van der Waals surface area (Å²) in [6.45, 7) is 3.50. The third-order valence-electron chi connectivity index (χ3n) is 4.54. The lowest BCUT2D eigenvalue weighted by Gasteiger charge is -2.27. The smallest absolute Gasteiger partial charge is 0.137 e. The van der Waals surface area contributed by atoms with Crippen molar-refractivity contribution in [3.8, 4) is 5.75 Å². The van der Waals surface area contributed by atoms with Crippen molar-refractivity contribution in [1.82, 2.24) is 10.3 Å². The number of hydrogen-bond acceptors (Lipinski definition) is 5. The second kappa shape index (κ2) is 7.90. The summed E-state index contributed by atoms with van der Waals surface area (Å²) in [6.07, 6.45) is 8.01. The molecule has 22 heavy (non-hydrogen) atoms. The van der Waals surface area contributed by atoms with E-state index in [1.165, 1.54) is 18.4 Å². The van der Waals surface area contributed by atoms with E-state index in [1.807, 2.05) is 6.20 Å². The molecule has 1 aromatic rings. The predicted molar refractivity (Wildman–Crippen MR) is 84.1 cm³/mol. The third-order valence-corrected chi connectivity index (χ3v) is 4.54. The molecule has 0 amide bonds. The number of rotatable bonds is 10. The largest absolute Gasteiger partial charge is 0.490 e. The number of nitrogens with zero attached hydrogens (tertiary/aromatic N) is 1.